The Morgan fingerprint density at radius 2 is 1.70 bits per heavy atom. The minimum absolute atomic E-state index is 0.0842. The van der Waals surface area contributed by atoms with E-state index in [1.807, 2.05) is 6.92 Å². The average Bonchev–Trinajstić information content (AvgIpc) is 2.41. The maximum absolute atomic E-state index is 11.7. The largest absolute Gasteiger partial charge is 0.385 e. The van der Waals surface area contributed by atoms with Crippen molar-refractivity contribution in [1.29, 1.82) is 0 Å². The molecule has 0 fully saturated rings. The molecule has 0 aliphatic heterocycles. The van der Waals surface area contributed by atoms with Gasteiger partial charge < -0.3 is 15.4 Å². The van der Waals surface area contributed by atoms with Gasteiger partial charge >= 0.3 is 0 Å². The number of carbonyl (C=O) groups excluding carboxylic acids is 1. The highest BCUT2D eigenvalue weighted by Gasteiger charge is 2.10. The van der Waals surface area contributed by atoms with Crippen LogP contribution in [0, 0.1) is 5.92 Å². The standard InChI is InChI=1S/C16H34N2O2/c1-14(2)10-7-5-6-8-11-17-15(3)16(19)18-12-9-13-20-4/h14-15,17H,5-13H2,1-4H3,(H,18,19). The third-order valence-electron chi connectivity index (χ3n) is 3.38. The van der Waals surface area contributed by atoms with Crippen LogP contribution in [0.5, 0.6) is 0 Å². The third kappa shape index (κ3) is 12.4. The summed E-state index contributed by atoms with van der Waals surface area (Å²) in [5, 5.41) is 6.19. The van der Waals surface area contributed by atoms with Crippen LogP contribution in [0.1, 0.15) is 59.3 Å². The predicted octanol–water partition coefficient (Wildman–Crippen LogP) is 2.72. The van der Waals surface area contributed by atoms with Crippen molar-refractivity contribution in [1.82, 2.24) is 10.6 Å². The van der Waals surface area contributed by atoms with E-state index in [0.717, 1.165) is 25.3 Å². The van der Waals surface area contributed by atoms with E-state index in [0.29, 0.717) is 13.2 Å². The molecule has 4 heteroatoms. The fraction of sp³-hybridized carbons (Fsp3) is 0.938. The second-order valence-corrected chi connectivity index (χ2v) is 5.91. The van der Waals surface area contributed by atoms with Gasteiger partial charge in [-0.3, -0.25) is 4.79 Å². The van der Waals surface area contributed by atoms with Gasteiger partial charge in [-0.1, -0.05) is 39.5 Å². The van der Waals surface area contributed by atoms with Gasteiger partial charge in [0.25, 0.3) is 0 Å². The molecular formula is C16H34N2O2. The maximum Gasteiger partial charge on any atom is 0.236 e. The van der Waals surface area contributed by atoms with E-state index in [4.69, 9.17) is 4.74 Å². The van der Waals surface area contributed by atoms with E-state index in [9.17, 15) is 4.79 Å². The van der Waals surface area contributed by atoms with E-state index in [2.05, 4.69) is 24.5 Å². The van der Waals surface area contributed by atoms with Crippen LogP contribution in [-0.4, -0.2) is 38.8 Å². The second kappa shape index (κ2) is 13.4. The fourth-order valence-electron chi connectivity index (χ4n) is 2.02. The lowest BCUT2D eigenvalue weighted by Crippen LogP contribution is -2.42. The quantitative estimate of drug-likeness (QED) is 0.512. The second-order valence-electron chi connectivity index (χ2n) is 5.91. The number of rotatable bonds is 13. The Bertz CT molecular complexity index is 233. The Morgan fingerprint density at radius 3 is 2.35 bits per heavy atom. The van der Waals surface area contributed by atoms with Crippen molar-refractivity contribution in [3.05, 3.63) is 0 Å². The smallest absolute Gasteiger partial charge is 0.236 e. The molecule has 0 heterocycles. The normalized spacial score (nSPS) is 12.7. The summed E-state index contributed by atoms with van der Waals surface area (Å²) in [5.41, 5.74) is 0. The summed E-state index contributed by atoms with van der Waals surface area (Å²) in [6.07, 6.45) is 7.23. The van der Waals surface area contributed by atoms with Gasteiger partial charge in [0.1, 0.15) is 0 Å². The van der Waals surface area contributed by atoms with Gasteiger partial charge in [-0.25, -0.2) is 0 Å². The topological polar surface area (TPSA) is 50.4 Å². The van der Waals surface area contributed by atoms with Gasteiger partial charge in [0.15, 0.2) is 0 Å². The molecule has 2 N–H and O–H groups in total. The van der Waals surface area contributed by atoms with Crippen molar-refractivity contribution in [3.63, 3.8) is 0 Å². The first-order chi connectivity index (χ1) is 9.57. The van der Waals surface area contributed by atoms with Gasteiger partial charge in [0.2, 0.25) is 5.91 Å². The zero-order valence-electron chi connectivity index (χ0n) is 13.8. The Kier molecular flexibility index (Phi) is 13.0. The van der Waals surface area contributed by atoms with Crippen LogP contribution in [0.3, 0.4) is 0 Å². The summed E-state index contributed by atoms with van der Waals surface area (Å²) in [5.74, 6) is 0.899. The van der Waals surface area contributed by atoms with Crippen LogP contribution in [-0.2, 0) is 9.53 Å². The van der Waals surface area contributed by atoms with E-state index >= 15 is 0 Å². The summed E-state index contributed by atoms with van der Waals surface area (Å²) < 4.78 is 4.94. The third-order valence-corrected chi connectivity index (χ3v) is 3.38. The number of ether oxygens (including phenoxy) is 1. The molecular weight excluding hydrogens is 252 g/mol. The Hall–Kier alpha value is -0.610. The molecule has 1 amide bonds. The minimum Gasteiger partial charge on any atom is -0.385 e. The number of carbonyl (C=O) groups is 1. The molecule has 0 saturated heterocycles. The van der Waals surface area contributed by atoms with Crippen molar-refractivity contribution >= 4 is 5.91 Å². The lowest BCUT2D eigenvalue weighted by Gasteiger charge is -2.14. The zero-order valence-corrected chi connectivity index (χ0v) is 13.8. The van der Waals surface area contributed by atoms with Gasteiger partial charge in [-0.2, -0.15) is 0 Å². The molecule has 20 heavy (non-hydrogen) atoms. The molecule has 0 bridgehead atoms. The molecule has 0 aliphatic carbocycles. The molecule has 0 aliphatic rings. The summed E-state index contributed by atoms with van der Waals surface area (Å²) in [6, 6.07) is -0.104. The van der Waals surface area contributed by atoms with E-state index in [1.54, 1.807) is 7.11 Å². The Labute approximate surface area is 125 Å². The molecule has 0 aromatic carbocycles. The molecule has 1 unspecified atom stereocenters. The summed E-state index contributed by atoms with van der Waals surface area (Å²) in [7, 11) is 1.67. The van der Waals surface area contributed by atoms with Crippen LogP contribution < -0.4 is 10.6 Å². The molecule has 4 nitrogen and oxygen atoms in total. The lowest BCUT2D eigenvalue weighted by atomic mass is 10.0. The minimum atomic E-state index is -0.104. The lowest BCUT2D eigenvalue weighted by molar-refractivity contribution is -0.122. The van der Waals surface area contributed by atoms with Crippen LogP contribution in [0.15, 0.2) is 0 Å². The number of methoxy groups -OCH3 is 1. The van der Waals surface area contributed by atoms with Crippen molar-refractivity contribution in [3.8, 4) is 0 Å². The zero-order chi connectivity index (χ0) is 15.2. The monoisotopic (exact) mass is 286 g/mol. The highest BCUT2D eigenvalue weighted by Crippen LogP contribution is 2.08. The maximum atomic E-state index is 11.7. The molecule has 0 saturated carbocycles. The average molecular weight is 286 g/mol. The predicted molar refractivity (Wildman–Crippen MR) is 84.9 cm³/mol. The van der Waals surface area contributed by atoms with E-state index in [1.165, 1.54) is 25.7 Å². The number of hydrogen-bond donors (Lipinski definition) is 2. The van der Waals surface area contributed by atoms with Crippen molar-refractivity contribution < 1.29 is 9.53 Å². The van der Waals surface area contributed by atoms with Crippen LogP contribution in [0.25, 0.3) is 0 Å². The van der Waals surface area contributed by atoms with Gasteiger partial charge in [0, 0.05) is 20.3 Å². The first-order valence-electron chi connectivity index (χ1n) is 8.08. The molecule has 120 valence electrons. The first-order valence-corrected chi connectivity index (χ1v) is 8.08. The molecule has 0 rings (SSSR count). The molecule has 0 aromatic rings. The van der Waals surface area contributed by atoms with Gasteiger partial charge in [-0.15, -0.1) is 0 Å². The van der Waals surface area contributed by atoms with Crippen molar-refractivity contribution in [2.24, 2.45) is 5.92 Å². The number of unbranched alkanes of at least 4 members (excludes halogenated alkanes) is 3. The molecule has 0 radical (unpaired) electrons. The van der Waals surface area contributed by atoms with E-state index in [-0.39, 0.29) is 11.9 Å². The number of amides is 1. The Morgan fingerprint density at radius 1 is 1.00 bits per heavy atom. The number of nitrogens with one attached hydrogen (secondary N) is 2. The Balaban J connectivity index is 3.38. The van der Waals surface area contributed by atoms with Gasteiger partial charge in [-0.05, 0) is 32.2 Å². The first kappa shape index (κ1) is 19.4. The van der Waals surface area contributed by atoms with Crippen LogP contribution >= 0.6 is 0 Å². The van der Waals surface area contributed by atoms with Gasteiger partial charge in [0.05, 0.1) is 6.04 Å². The molecule has 0 aromatic heterocycles. The summed E-state index contributed by atoms with van der Waals surface area (Å²) >= 11 is 0. The fourth-order valence-corrected chi connectivity index (χ4v) is 2.02. The highest BCUT2D eigenvalue weighted by atomic mass is 16.5. The van der Waals surface area contributed by atoms with Crippen LogP contribution in [0.2, 0.25) is 0 Å². The summed E-state index contributed by atoms with van der Waals surface area (Å²) in [6.45, 7) is 8.77. The SMILES string of the molecule is COCCCNC(=O)C(C)NCCCCCCC(C)C. The summed E-state index contributed by atoms with van der Waals surface area (Å²) in [4.78, 5) is 11.7. The van der Waals surface area contributed by atoms with Crippen molar-refractivity contribution in [2.45, 2.75) is 65.3 Å². The van der Waals surface area contributed by atoms with Crippen LogP contribution in [0.4, 0.5) is 0 Å². The molecule has 0 spiro atoms. The van der Waals surface area contributed by atoms with Crippen molar-refractivity contribution in [2.75, 3.05) is 26.8 Å². The van der Waals surface area contributed by atoms with E-state index < -0.39 is 0 Å². The highest BCUT2D eigenvalue weighted by molar-refractivity contribution is 5.81. The number of hydrogen-bond acceptors (Lipinski definition) is 3. The molecule has 1 atom stereocenters.